The van der Waals surface area contributed by atoms with Crippen LogP contribution >= 0.6 is 0 Å². The Labute approximate surface area is 124 Å². The normalized spacial score (nSPS) is 25.6. The summed E-state index contributed by atoms with van der Waals surface area (Å²) < 4.78 is 38.6. The lowest BCUT2D eigenvalue weighted by molar-refractivity contribution is 0.171. The zero-order chi connectivity index (χ0) is 14.9. The van der Waals surface area contributed by atoms with E-state index in [9.17, 15) is 8.42 Å². The van der Waals surface area contributed by atoms with Gasteiger partial charge in [-0.25, -0.2) is 13.1 Å². The highest BCUT2D eigenvalue weighted by Crippen LogP contribution is 2.32. The molecule has 0 amide bonds. The zero-order valence-electron chi connectivity index (χ0n) is 12.0. The number of hydrogen-bond acceptors (Lipinski definition) is 5. The van der Waals surface area contributed by atoms with Gasteiger partial charge in [0.25, 0.3) is 0 Å². The molecule has 0 saturated carbocycles. The minimum absolute atomic E-state index is 0.0862. The molecule has 0 radical (unpaired) electrons. The van der Waals surface area contributed by atoms with Crippen molar-refractivity contribution < 1.29 is 17.9 Å². The third-order valence-electron chi connectivity index (χ3n) is 3.89. The number of piperidine rings is 1. The van der Waals surface area contributed by atoms with E-state index < -0.39 is 10.0 Å². The maximum Gasteiger partial charge on any atom is 0.241 e. The van der Waals surface area contributed by atoms with Crippen LogP contribution in [0.1, 0.15) is 19.8 Å². The van der Waals surface area contributed by atoms with Gasteiger partial charge >= 0.3 is 0 Å². The third-order valence-corrected chi connectivity index (χ3v) is 5.38. The van der Waals surface area contributed by atoms with E-state index in [-0.39, 0.29) is 17.0 Å². The van der Waals surface area contributed by atoms with Crippen molar-refractivity contribution in [2.45, 2.75) is 36.7 Å². The molecule has 0 unspecified atom stereocenters. The van der Waals surface area contributed by atoms with Crippen molar-refractivity contribution >= 4 is 10.0 Å². The van der Waals surface area contributed by atoms with E-state index in [4.69, 9.17) is 9.47 Å². The molecular weight excluding hydrogens is 292 g/mol. The quantitative estimate of drug-likeness (QED) is 0.866. The first-order chi connectivity index (χ1) is 10.1. The molecule has 2 heterocycles. The van der Waals surface area contributed by atoms with Gasteiger partial charge in [-0.15, -0.1) is 0 Å². The summed E-state index contributed by atoms with van der Waals surface area (Å²) in [7, 11) is -3.55. The van der Waals surface area contributed by atoms with Gasteiger partial charge in [-0.05, 0) is 38.4 Å². The van der Waals surface area contributed by atoms with Crippen LogP contribution in [0.3, 0.4) is 0 Å². The van der Waals surface area contributed by atoms with Crippen LogP contribution in [0, 0.1) is 0 Å². The van der Waals surface area contributed by atoms with E-state index in [1.54, 1.807) is 12.1 Å². The summed E-state index contributed by atoms with van der Waals surface area (Å²) in [5.74, 6) is 1.08. The Morgan fingerprint density at radius 3 is 2.76 bits per heavy atom. The van der Waals surface area contributed by atoms with Gasteiger partial charge in [-0.2, -0.15) is 0 Å². The molecule has 1 saturated heterocycles. The van der Waals surface area contributed by atoms with Crippen LogP contribution in [0.25, 0.3) is 0 Å². The summed E-state index contributed by atoms with van der Waals surface area (Å²) in [5, 5.41) is 3.28. The molecule has 2 aliphatic rings. The van der Waals surface area contributed by atoms with Crippen LogP contribution < -0.4 is 19.5 Å². The molecule has 3 rings (SSSR count). The van der Waals surface area contributed by atoms with Crippen molar-refractivity contribution in [2.75, 3.05) is 19.8 Å². The van der Waals surface area contributed by atoms with Crippen molar-refractivity contribution in [3.05, 3.63) is 18.2 Å². The summed E-state index contributed by atoms with van der Waals surface area (Å²) in [6, 6.07) is 4.77. The number of sulfonamides is 1. The Morgan fingerprint density at radius 1 is 1.24 bits per heavy atom. The molecule has 6 nitrogen and oxygen atoms in total. The van der Waals surface area contributed by atoms with Gasteiger partial charge in [0.2, 0.25) is 10.0 Å². The minimum atomic E-state index is -3.55. The highest BCUT2D eigenvalue weighted by Gasteiger charge is 2.27. The summed E-state index contributed by atoms with van der Waals surface area (Å²) in [5.41, 5.74) is 0. The average molecular weight is 312 g/mol. The lowest BCUT2D eigenvalue weighted by Crippen LogP contribution is -2.51. The number of fused-ring (bicyclic) bond motifs is 1. The Hall–Kier alpha value is -1.31. The predicted octanol–water partition coefficient (Wildman–Crippen LogP) is 0.877. The predicted molar refractivity (Wildman–Crippen MR) is 78.2 cm³/mol. The number of rotatable bonds is 3. The largest absolute Gasteiger partial charge is 0.486 e. The summed E-state index contributed by atoms with van der Waals surface area (Å²) in [4.78, 5) is 0.213. The van der Waals surface area contributed by atoms with Crippen molar-refractivity contribution in [1.29, 1.82) is 0 Å². The molecule has 2 N–H and O–H groups in total. The fraction of sp³-hybridized carbons (Fsp3) is 0.571. The molecule has 7 heteroatoms. The van der Waals surface area contributed by atoms with Crippen LogP contribution in [-0.2, 0) is 10.0 Å². The van der Waals surface area contributed by atoms with Crippen LogP contribution in [0.5, 0.6) is 11.5 Å². The Morgan fingerprint density at radius 2 is 2.00 bits per heavy atom. The van der Waals surface area contributed by atoms with Gasteiger partial charge in [-0.1, -0.05) is 0 Å². The number of nitrogens with one attached hydrogen (secondary N) is 2. The van der Waals surface area contributed by atoms with Crippen molar-refractivity contribution in [3.8, 4) is 11.5 Å². The molecule has 1 aromatic rings. The monoisotopic (exact) mass is 312 g/mol. The highest BCUT2D eigenvalue weighted by atomic mass is 32.2. The minimum Gasteiger partial charge on any atom is -0.486 e. The second-order valence-electron chi connectivity index (χ2n) is 5.42. The van der Waals surface area contributed by atoms with Crippen molar-refractivity contribution in [2.24, 2.45) is 0 Å². The average Bonchev–Trinajstić information content (AvgIpc) is 2.49. The van der Waals surface area contributed by atoms with Gasteiger partial charge in [0.15, 0.2) is 11.5 Å². The van der Waals surface area contributed by atoms with E-state index in [0.717, 1.165) is 19.4 Å². The van der Waals surface area contributed by atoms with Gasteiger partial charge in [-0.3, -0.25) is 0 Å². The Bertz CT molecular complexity index is 617. The zero-order valence-corrected chi connectivity index (χ0v) is 12.8. The van der Waals surface area contributed by atoms with E-state index in [0.29, 0.717) is 24.7 Å². The lowest BCUT2D eigenvalue weighted by Gasteiger charge is -2.30. The van der Waals surface area contributed by atoms with Gasteiger partial charge in [0, 0.05) is 18.2 Å². The van der Waals surface area contributed by atoms with Gasteiger partial charge < -0.3 is 14.8 Å². The first-order valence-electron chi connectivity index (χ1n) is 7.22. The Balaban J connectivity index is 1.81. The maximum absolute atomic E-state index is 12.5. The first-order valence-corrected chi connectivity index (χ1v) is 8.70. The lowest BCUT2D eigenvalue weighted by atomic mass is 10.0. The summed E-state index contributed by atoms with van der Waals surface area (Å²) in [6.45, 7) is 3.86. The van der Waals surface area contributed by atoms with E-state index in [1.165, 1.54) is 6.07 Å². The van der Waals surface area contributed by atoms with Crippen molar-refractivity contribution in [3.63, 3.8) is 0 Å². The van der Waals surface area contributed by atoms with Crippen LogP contribution in [0.4, 0.5) is 0 Å². The fourth-order valence-electron chi connectivity index (χ4n) is 2.66. The summed E-state index contributed by atoms with van der Waals surface area (Å²) in [6.07, 6.45) is 1.82. The maximum atomic E-state index is 12.5. The fourth-order valence-corrected chi connectivity index (χ4v) is 4.03. The molecule has 21 heavy (non-hydrogen) atoms. The topological polar surface area (TPSA) is 76.7 Å². The molecule has 1 fully saturated rings. The van der Waals surface area contributed by atoms with Crippen LogP contribution in [0.15, 0.2) is 23.1 Å². The molecule has 2 aliphatic heterocycles. The molecule has 1 aromatic carbocycles. The van der Waals surface area contributed by atoms with Gasteiger partial charge in [0.1, 0.15) is 13.2 Å². The summed E-state index contributed by atoms with van der Waals surface area (Å²) >= 11 is 0. The molecule has 0 spiro atoms. The van der Waals surface area contributed by atoms with Crippen molar-refractivity contribution in [1.82, 2.24) is 10.0 Å². The Kier molecular flexibility index (Phi) is 4.05. The SMILES string of the molecule is C[C@H]1NCCC[C@H]1NS(=O)(=O)c1ccc2c(c1)OCCO2. The highest BCUT2D eigenvalue weighted by molar-refractivity contribution is 7.89. The van der Waals surface area contributed by atoms with E-state index >= 15 is 0 Å². The molecule has 0 aromatic heterocycles. The van der Waals surface area contributed by atoms with E-state index in [2.05, 4.69) is 10.0 Å². The molecule has 2 atom stereocenters. The number of hydrogen-bond donors (Lipinski definition) is 2. The molecule has 116 valence electrons. The smallest absolute Gasteiger partial charge is 0.241 e. The molecule has 0 bridgehead atoms. The third kappa shape index (κ3) is 3.14. The number of benzene rings is 1. The second-order valence-corrected chi connectivity index (χ2v) is 7.13. The molecule has 0 aliphatic carbocycles. The van der Waals surface area contributed by atoms with Gasteiger partial charge in [0.05, 0.1) is 4.90 Å². The van der Waals surface area contributed by atoms with E-state index in [1.807, 2.05) is 6.92 Å². The standard InChI is InChI=1S/C14H20N2O4S/c1-10-12(3-2-6-15-10)16-21(17,18)11-4-5-13-14(9-11)20-8-7-19-13/h4-5,9-10,12,15-16H,2-3,6-8H2,1H3/t10-,12-/m1/s1. The first kappa shape index (κ1) is 14.6. The van der Waals surface area contributed by atoms with Crippen LogP contribution in [-0.4, -0.2) is 40.3 Å². The van der Waals surface area contributed by atoms with Crippen LogP contribution in [0.2, 0.25) is 0 Å². The molecular formula is C14H20N2O4S. The second kappa shape index (κ2) is 5.82. The number of ether oxygens (including phenoxy) is 2.